The van der Waals surface area contributed by atoms with Gasteiger partial charge in [-0.1, -0.05) is 39.3 Å². The van der Waals surface area contributed by atoms with Gasteiger partial charge in [0.05, 0.1) is 13.0 Å². The van der Waals surface area contributed by atoms with Crippen molar-refractivity contribution in [1.82, 2.24) is 24.9 Å². The Morgan fingerprint density at radius 2 is 1.33 bits per heavy atom. The highest BCUT2D eigenvalue weighted by atomic mass is 16.5. The fourth-order valence-corrected chi connectivity index (χ4v) is 4.73. The van der Waals surface area contributed by atoms with Crippen molar-refractivity contribution in [2.45, 2.75) is 59.8 Å². The monoisotopic (exact) mass is 509 g/mol. The van der Waals surface area contributed by atoms with E-state index < -0.39 is 0 Å². The third-order valence-electron chi connectivity index (χ3n) is 7.34. The molecule has 0 aliphatic carbocycles. The highest BCUT2D eigenvalue weighted by Crippen LogP contribution is 2.17. The summed E-state index contributed by atoms with van der Waals surface area (Å²) in [5, 5.41) is 3.06. The number of nitrogens with one attached hydrogen (secondary N) is 1. The van der Waals surface area contributed by atoms with Crippen LogP contribution >= 0.6 is 0 Å². The molecule has 0 aromatic heterocycles. The molecular weight excluding hydrogens is 454 g/mol. The first-order valence-electron chi connectivity index (χ1n) is 14.2. The highest BCUT2D eigenvalue weighted by molar-refractivity contribution is 5.76. The minimum Gasteiger partial charge on any atom is -0.469 e. The van der Waals surface area contributed by atoms with E-state index in [4.69, 9.17) is 4.74 Å². The van der Waals surface area contributed by atoms with Crippen molar-refractivity contribution in [1.29, 1.82) is 0 Å². The fourth-order valence-electron chi connectivity index (χ4n) is 4.73. The SMILES string of the molecule is C=C(C)C(CCCCNC(=O)CCN1CCN(CC)CCN(CCC)CCN(CC)CC1)C(=O)OC. The number of esters is 1. The van der Waals surface area contributed by atoms with Crippen LogP contribution in [0.2, 0.25) is 0 Å². The molecule has 0 aromatic rings. The molecule has 36 heavy (non-hydrogen) atoms. The third-order valence-corrected chi connectivity index (χ3v) is 7.34. The van der Waals surface area contributed by atoms with Crippen molar-refractivity contribution in [3.8, 4) is 0 Å². The summed E-state index contributed by atoms with van der Waals surface area (Å²) in [7, 11) is 1.41. The second-order valence-electron chi connectivity index (χ2n) is 10.1. The molecule has 1 amide bonds. The smallest absolute Gasteiger partial charge is 0.312 e. The Morgan fingerprint density at radius 3 is 1.78 bits per heavy atom. The number of ether oxygens (including phenoxy) is 1. The quantitative estimate of drug-likeness (QED) is 0.219. The van der Waals surface area contributed by atoms with Crippen LogP contribution in [0.3, 0.4) is 0 Å². The maximum absolute atomic E-state index is 12.5. The lowest BCUT2D eigenvalue weighted by Crippen LogP contribution is -2.46. The van der Waals surface area contributed by atoms with Crippen LogP contribution in [0.25, 0.3) is 0 Å². The van der Waals surface area contributed by atoms with E-state index in [2.05, 4.69) is 52.3 Å². The van der Waals surface area contributed by atoms with E-state index in [-0.39, 0.29) is 17.8 Å². The molecule has 0 radical (unpaired) electrons. The molecule has 1 fully saturated rings. The summed E-state index contributed by atoms with van der Waals surface area (Å²) in [6.45, 7) is 25.9. The Kier molecular flexibility index (Phi) is 17.7. The van der Waals surface area contributed by atoms with Gasteiger partial charge in [-0.05, 0) is 45.8 Å². The molecule has 0 spiro atoms. The van der Waals surface area contributed by atoms with Gasteiger partial charge >= 0.3 is 5.97 Å². The van der Waals surface area contributed by atoms with E-state index in [1.54, 1.807) is 0 Å². The summed E-state index contributed by atoms with van der Waals surface area (Å²) >= 11 is 0. The van der Waals surface area contributed by atoms with Gasteiger partial charge in [-0.2, -0.15) is 0 Å². The van der Waals surface area contributed by atoms with Crippen molar-refractivity contribution in [3.05, 3.63) is 12.2 Å². The number of hydrogen-bond acceptors (Lipinski definition) is 7. The van der Waals surface area contributed by atoms with Crippen LogP contribution < -0.4 is 5.32 Å². The van der Waals surface area contributed by atoms with E-state index >= 15 is 0 Å². The lowest BCUT2D eigenvalue weighted by atomic mass is 9.95. The summed E-state index contributed by atoms with van der Waals surface area (Å²) < 4.78 is 4.86. The predicted octanol–water partition coefficient (Wildman–Crippen LogP) is 2.70. The van der Waals surface area contributed by atoms with Gasteiger partial charge in [0.2, 0.25) is 5.91 Å². The molecule has 8 nitrogen and oxygen atoms in total. The standard InChI is InChI=1S/C28H55N5O3/c1-7-15-32-21-17-30(8-2)19-23-33(24-20-31(9-3)18-22-32)16-13-27(34)29-14-11-10-12-26(25(4)5)28(35)36-6/h26H,4,7-24H2,1-3,5-6H3,(H,29,34). The summed E-state index contributed by atoms with van der Waals surface area (Å²) in [4.78, 5) is 34.5. The summed E-state index contributed by atoms with van der Waals surface area (Å²) in [6.07, 6.45) is 4.15. The molecule has 1 N–H and O–H groups in total. The first-order chi connectivity index (χ1) is 17.3. The van der Waals surface area contributed by atoms with Gasteiger partial charge in [0.25, 0.3) is 0 Å². The van der Waals surface area contributed by atoms with Crippen LogP contribution in [0.5, 0.6) is 0 Å². The Labute approximate surface area is 221 Å². The summed E-state index contributed by atoms with van der Waals surface area (Å²) in [6, 6.07) is 0. The number of carbonyl (C=O) groups is 2. The molecule has 1 aliphatic heterocycles. The third kappa shape index (κ3) is 13.7. The maximum Gasteiger partial charge on any atom is 0.312 e. The van der Waals surface area contributed by atoms with Crippen molar-refractivity contribution >= 4 is 11.9 Å². The number of amides is 1. The topological polar surface area (TPSA) is 68.4 Å². The van der Waals surface area contributed by atoms with Gasteiger partial charge in [-0.3, -0.25) is 9.59 Å². The summed E-state index contributed by atoms with van der Waals surface area (Å²) in [5.41, 5.74) is 0.832. The van der Waals surface area contributed by atoms with E-state index in [0.717, 1.165) is 90.4 Å². The molecule has 0 aromatic carbocycles. The van der Waals surface area contributed by atoms with Gasteiger partial charge in [-0.15, -0.1) is 0 Å². The van der Waals surface area contributed by atoms with Crippen molar-refractivity contribution in [2.75, 3.05) is 92.2 Å². The molecule has 1 aliphatic rings. The first-order valence-corrected chi connectivity index (χ1v) is 14.2. The van der Waals surface area contributed by atoms with Crippen LogP contribution in [0, 0.1) is 5.92 Å². The van der Waals surface area contributed by atoms with Gasteiger partial charge in [0.15, 0.2) is 0 Å². The number of likely N-dealkylation sites (N-methyl/N-ethyl adjacent to an activating group) is 2. The molecule has 1 saturated heterocycles. The molecule has 1 rings (SSSR count). The van der Waals surface area contributed by atoms with Crippen LogP contribution in [-0.4, -0.2) is 124 Å². The normalized spacial score (nSPS) is 18.7. The Bertz CT molecular complexity index is 610. The average molecular weight is 510 g/mol. The van der Waals surface area contributed by atoms with Gasteiger partial charge in [-0.25, -0.2) is 0 Å². The molecular formula is C28H55N5O3. The number of unbranched alkanes of at least 4 members (excludes halogenated alkanes) is 1. The van der Waals surface area contributed by atoms with Gasteiger partial charge < -0.3 is 29.7 Å². The van der Waals surface area contributed by atoms with Crippen molar-refractivity contribution < 1.29 is 14.3 Å². The largest absolute Gasteiger partial charge is 0.469 e. The van der Waals surface area contributed by atoms with Gasteiger partial charge in [0.1, 0.15) is 0 Å². The maximum atomic E-state index is 12.5. The molecule has 0 bridgehead atoms. The van der Waals surface area contributed by atoms with E-state index in [1.807, 2.05) is 6.92 Å². The Balaban J connectivity index is 2.47. The lowest BCUT2D eigenvalue weighted by molar-refractivity contribution is -0.144. The van der Waals surface area contributed by atoms with E-state index in [9.17, 15) is 9.59 Å². The molecule has 1 unspecified atom stereocenters. The average Bonchev–Trinajstić information content (AvgIpc) is 2.86. The molecule has 8 heteroatoms. The molecule has 210 valence electrons. The zero-order valence-corrected chi connectivity index (χ0v) is 24.0. The predicted molar refractivity (Wildman–Crippen MR) is 149 cm³/mol. The van der Waals surface area contributed by atoms with E-state index in [0.29, 0.717) is 19.4 Å². The van der Waals surface area contributed by atoms with Crippen LogP contribution in [-0.2, 0) is 14.3 Å². The Hall–Kier alpha value is -1.48. The zero-order chi connectivity index (χ0) is 26.8. The number of nitrogens with zero attached hydrogens (tertiary/aromatic N) is 4. The first kappa shape index (κ1) is 32.5. The Morgan fingerprint density at radius 1 is 0.833 bits per heavy atom. The van der Waals surface area contributed by atoms with Crippen molar-refractivity contribution in [2.24, 2.45) is 5.92 Å². The highest BCUT2D eigenvalue weighted by Gasteiger charge is 2.19. The zero-order valence-electron chi connectivity index (χ0n) is 24.0. The van der Waals surface area contributed by atoms with Crippen molar-refractivity contribution in [3.63, 3.8) is 0 Å². The molecule has 1 heterocycles. The molecule has 0 saturated carbocycles. The van der Waals surface area contributed by atoms with Crippen LogP contribution in [0.15, 0.2) is 12.2 Å². The minimum absolute atomic E-state index is 0.112. The van der Waals surface area contributed by atoms with Crippen LogP contribution in [0.4, 0.5) is 0 Å². The number of rotatable bonds is 14. The molecule has 1 atom stereocenters. The fraction of sp³-hybridized carbons (Fsp3) is 0.857. The minimum atomic E-state index is -0.250. The summed E-state index contributed by atoms with van der Waals surface area (Å²) in [5.74, 6) is -0.362. The second kappa shape index (κ2) is 19.6. The number of methoxy groups -OCH3 is 1. The number of carbonyl (C=O) groups excluding carboxylic acids is 2. The van der Waals surface area contributed by atoms with Crippen LogP contribution in [0.1, 0.15) is 59.8 Å². The number of hydrogen-bond donors (Lipinski definition) is 1. The lowest BCUT2D eigenvalue weighted by Gasteiger charge is -2.33. The second-order valence-corrected chi connectivity index (χ2v) is 10.1. The van der Waals surface area contributed by atoms with E-state index in [1.165, 1.54) is 20.1 Å². The van der Waals surface area contributed by atoms with Gasteiger partial charge in [0, 0.05) is 71.9 Å².